The molecule has 0 unspecified atom stereocenters. The molecule has 0 atom stereocenters. The minimum absolute atomic E-state index is 0. The SMILES string of the molecule is Cl.Nc1ncc(-c2ccc([N+](=O)[O-])cc2)[nH]1. The van der Waals surface area contributed by atoms with Gasteiger partial charge in [0.05, 0.1) is 16.8 Å². The summed E-state index contributed by atoms with van der Waals surface area (Å²) in [5.74, 6) is 0.323. The van der Waals surface area contributed by atoms with Gasteiger partial charge in [0.2, 0.25) is 0 Å². The fraction of sp³-hybridized carbons (Fsp3) is 0. The van der Waals surface area contributed by atoms with Crippen LogP contribution in [0, 0.1) is 10.1 Å². The van der Waals surface area contributed by atoms with Crippen LogP contribution >= 0.6 is 12.4 Å². The quantitative estimate of drug-likeness (QED) is 0.619. The predicted octanol–water partition coefficient (Wildman–Crippen LogP) is 1.99. The number of imidazole rings is 1. The Balaban J connectivity index is 0.00000128. The number of nitrogens with zero attached hydrogens (tertiary/aromatic N) is 2. The molecule has 1 aromatic heterocycles. The molecule has 6 nitrogen and oxygen atoms in total. The Morgan fingerprint density at radius 2 is 1.94 bits per heavy atom. The molecule has 1 heterocycles. The average Bonchev–Trinajstić information content (AvgIpc) is 2.65. The number of nitro groups is 1. The lowest BCUT2D eigenvalue weighted by molar-refractivity contribution is -0.384. The molecule has 0 bridgehead atoms. The average molecular weight is 241 g/mol. The first kappa shape index (κ1) is 12.0. The van der Waals surface area contributed by atoms with Gasteiger partial charge in [0.15, 0.2) is 5.95 Å². The van der Waals surface area contributed by atoms with E-state index in [4.69, 9.17) is 5.73 Å². The smallest absolute Gasteiger partial charge is 0.269 e. The number of non-ortho nitro benzene ring substituents is 1. The van der Waals surface area contributed by atoms with Crippen LogP contribution in [0.2, 0.25) is 0 Å². The highest BCUT2D eigenvalue weighted by Gasteiger charge is 2.06. The number of anilines is 1. The summed E-state index contributed by atoms with van der Waals surface area (Å²) in [7, 11) is 0. The Labute approximate surface area is 97.1 Å². The van der Waals surface area contributed by atoms with Gasteiger partial charge in [-0.2, -0.15) is 0 Å². The van der Waals surface area contributed by atoms with E-state index in [-0.39, 0.29) is 18.1 Å². The maximum absolute atomic E-state index is 10.4. The van der Waals surface area contributed by atoms with E-state index in [0.29, 0.717) is 5.95 Å². The van der Waals surface area contributed by atoms with Crippen LogP contribution in [0.3, 0.4) is 0 Å². The van der Waals surface area contributed by atoms with E-state index in [0.717, 1.165) is 11.3 Å². The highest BCUT2D eigenvalue weighted by molar-refractivity contribution is 5.85. The van der Waals surface area contributed by atoms with Gasteiger partial charge in [-0.05, 0) is 12.1 Å². The molecule has 0 fully saturated rings. The van der Waals surface area contributed by atoms with Crippen molar-refractivity contribution in [3.05, 3.63) is 40.6 Å². The third kappa shape index (κ3) is 2.29. The summed E-state index contributed by atoms with van der Waals surface area (Å²) in [5, 5.41) is 10.4. The molecule has 0 aliphatic rings. The summed E-state index contributed by atoms with van der Waals surface area (Å²) >= 11 is 0. The second-order valence-electron chi connectivity index (χ2n) is 2.99. The number of nitro benzene ring substituents is 1. The highest BCUT2D eigenvalue weighted by Crippen LogP contribution is 2.20. The second kappa shape index (κ2) is 4.63. The number of rotatable bonds is 2. The first-order valence-electron chi connectivity index (χ1n) is 4.22. The zero-order chi connectivity index (χ0) is 10.8. The normalized spacial score (nSPS) is 9.50. The van der Waals surface area contributed by atoms with Crippen molar-refractivity contribution in [1.82, 2.24) is 9.97 Å². The lowest BCUT2D eigenvalue weighted by atomic mass is 10.1. The van der Waals surface area contributed by atoms with Crippen LogP contribution in [-0.4, -0.2) is 14.9 Å². The molecule has 0 aliphatic heterocycles. The maximum Gasteiger partial charge on any atom is 0.269 e. The van der Waals surface area contributed by atoms with Crippen molar-refractivity contribution in [3.8, 4) is 11.3 Å². The monoisotopic (exact) mass is 240 g/mol. The van der Waals surface area contributed by atoms with Gasteiger partial charge in [-0.1, -0.05) is 0 Å². The molecule has 2 aromatic rings. The van der Waals surface area contributed by atoms with E-state index >= 15 is 0 Å². The fourth-order valence-corrected chi connectivity index (χ4v) is 1.25. The van der Waals surface area contributed by atoms with Crippen LogP contribution in [0.5, 0.6) is 0 Å². The third-order valence-corrected chi connectivity index (χ3v) is 1.98. The molecule has 16 heavy (non-hydrogen) atoms. The topological polar surface area (TPSA) is 97.8 Å². The van der Waals surface area contributed by atoms with Crippen molar-refractivity contribution >= 4 is 24.0 Å². The molecular weight excluding hydrogens is 232 g/mol. The third-order valence-electron chi connectivity index (χ3n) is 1.98. The van der Waals surface area contributed by atoms with Gasteiger partial charge in [-0.3, -0.25) is 10.1 Å². The number of nitrogen functional groups attached to an aromatic ring is 1. The number of hydrogen-bond acceptors (Lipinski definition) is 4. The van der Waals surface area contributed by atoms with Crippen LogP contribution in [-0.2, 0) is 0 Å². The largest absolute Gasteiger partial charge is 0.369 e. The number of hydrogen-bond donors (Lipinski definition) is 2. The second-order valence-corrected chi connectivity index (χ2v) is 2.99. The van der Waals surface area contributed by atoms with Crippen molar-refractivity contribution in [2.24, 2.45) is 0 Å². The van der Waals surface area contributed by atoms with E-state index in [1.54, 1.807) is 18.3 Å². The van der Waals surface area contributed by atoms with E-state index in [1.165, 1.54) is 12.1 Å². The number of aromatic nitrogens is 2. The molecule has 7 heteroatoms. The molecule has 0 saturated carbocycles. The van der Waals surface area contributed by atoms with Gasteiger partial charge < -0.3 is 10.7 Å². The lowest BCUT2D eigenvalue weighted by Crippen LogP contribution is -1.88. The molecule has 1 aromatic carbocycles. The molecule has 3 N–H and O–H groups in total. The van der Waals surface area contributed by atoms with Gasteiger partial charge in [-0.25, -0.2) is 4.98 Å². The van der Waals surface area contributed by atoms with Crippen molar-refractivity contribution in [2.75, 3.05) is 5.73 Å². The molecule has 0 aliphatic carbocycles. The van der Waals surface area contributed by atoms with Crippen molar-refractivity contribution < 1.29 is 4.92 Å². The molecular formula is C9H9ClN4O2. The molecule has 0 spiro atoms. The van der Waals surface area contributed by atoms with Crippen molar-refractivity contribution in [2.45, 2.75) is 0 Å². The Morgan fingerprint density at radius 1 is 1.31 bits per heavy atom. The summed E-state index contributed by atoms with van der Waals surface area (Å²) < 4.78 is 0. The molecule has 0 saturated heterocycles. The Kier molecular flexibility index (Phi) is 3.47. The van der Waals surface area contributed by atoms with Crippen LogP contribution in [0.4, 0.5) is 11.6 Å². The van der Waals surface area contributed by atoms with Crippen LogP contribution < -0.4 is 5.73 Å². The summed E-state index contributed by atoms with van der Waals surface area (Å²) in [5.41, 5.74) is 7.03. The van der Waals surface area contributed by atoms with Gasteiger partial charge in [-0.15, -0.1) is 12.4 Å². The number of benzene rings is 1. The summed E-state index contributed by atoms with van der Waals surface area (Å²) in [6, 6.07) is 6.16. The zero-order valence-electron chi connectivity index (χ0n) is 8.08. The van der Waals surface area contributed by atoms with Gasteiger partial charge in [0.25, 0.3) is 5.69 Å². The first-order chi connectivity index (χ1) is 7.16. The first-order valence-corrected chi connectivity index (χ1v) is 4.22. The van der Waals surface area contributed by atoms with Gasteiger partial charge >= 0.3 is 0 Å². The molecule has 0 radical (unpaired) electrons. The van der Waals surface area contributed by atoms with E-state index in [1.807, 2.05) is 0 Å². The van der Waals surface area contributed by atoms with Crippen molar-refractivity contribution in [3.63, 3.8) is 0 Å². The summed E-state index contributed by atoms with van der Waals surface area (Å²) in [6.45, 7) is 0. The minimum Gasteiger partial charge on any atom is -0.369 e. The predicted molar refractivity (Wildman–Crippen MR) is 62.3 cm³/mol. The Morgan fingerprint density at radius 3 is 2.38 bits per heavy atom. The number of aromatic amines is 1. The lowest BCUT2D eigenvalue weighted by Gasteiger charge is -1.96. The van der Waals surface area contributed by atoms with E-state index < -0.39 is 4.92 Å². The van der Waals surface area contributed by atoms with Crippen LogP contribution in [0.25, 0.3) is 11.3 Å². The van der Waals surface area contributed by atoms with Gasteiger partial charge in [0.1, 0.15) is 0 Å². The molecule has 2 rings (SSSR count). The van der Waals surface area contributed by atoms with Crippen LogP contribution in [0.15, 0.2) is 30.5 Å². The molecule has 84 valence electrons. The standard InChI is InChI=1S/C9H8N4O2.ClH/c10-9-11-5-8(12-9)6-1-3-7(4-2-6)13(14)15;/h1-5H,(H3,10,11,12);1H. The fourth-order valence-electron chi connectivity index (χ4n) is 1.25. The number of nitrogens with one attached hydrogen (secondary N) is 1. The number of H-pyrrole nitrogens is 1. The minimum atomic E-state index is -0.439. The summed E-state index contributed by atoms with van der Waals surface area (Å²) in [6.07, 6.45) is 1.58. The van der Waals surface area contributed by atoms with Crippen LogP contribution in [0.1, 0.15) is 0 Å². The maximum atomic E-state index is 10.4. The zero-order valence-corrected chi connectivity index (χ0v) is 8.90. The number of nitrogens with two attached hydrogens (primary N) is 1. The Bertz CT molecular complexity index is 494. The summed E-state index contributed by atoms with van der Waals surface area (Å²) in [4.78, 5) is 16.7. The highest BCUT2D eigenvalue weighted by atomic mass is 35.5. The Hall–Kier alpha value is -2.08. The van der Waals surface area contributed by atoms with E-state index in [9.17, 15) is 10.1 Å². The van der Waals surface area contributed by atoms with E-state index in [2.05, 4.69) is 9.97 Å². The van der Waals surface area contributed by atoms with Gasteiger partial charge in [0, 0.05) is 17.7 Å². The number of halogens is 1. The molecule has 0 amide bonds. The van der Waals surface area contributed by atoms with Crippen molar-refractivity contribution in [1.29, 1.82) is 0 Å².